The van der Waals surface area contributed by atoms with Crippen LogP contribution in [0.5, 0.6) is 0 Å². The summed E-state index contributed by atoms with van der Waals surface area (Å²) in [6, 6.07) is 16.1. The van der Waals surface area contributed by atoms with Gasteiger partial charge in [-0.2, -0.15) is 0 Å². The van der Waals surface area contributed by atoms with Crippen LogP contribution in [0.25, 0.3) is 28.3 Å². The smallest absolute Gasteiger partial charge is 0.337 e. The number of aromatic amines is 1. The largest absolute Gasteiger partial charge is 0.478 e. The van der Waals surface area contributed by atoms with E-state index in [0.717, 1.165) is 40.9 Å². The summed E-state index contributed by atoms with van der Waals surface area (Å²) >= 11 is 6.37. The first-order valence-electron chi connectivity index (χ1n) is 12.1. The molecule has 10 nitrogen and oxygen atoms in total. The maximum absolute atomic E-state index is 13.6. The van der Waals surface area contributed by atoms with Crippen LogP contribution in [0.1, 0.15) is 41.4 Å². The first-order chi connectivity index (χ1) is 18.5. The zero-order valence-electron chi connectivity index (χ0n) is 20.5. The molecule has 0 bridgehead atoms. The molecule has 0 aliphatic carbocycles. The van der Waals surface area contributed by atoms with Crippen molar-refractivity contribution in [3.63, 3.8) is 0 Å². The Morgan fingerprint density at radius 1 is 1.08 bits per heavy atom. The molecular weight excluding hydrogens is 506 g/mol. The molecule has 11 heteroatoms. The summed E-state index contributed by atoms with van der Waals surface area (Å²) in [5, 5.41) is 24.0. The second kappa shape index (κ2) is 10.8. The topological polar surface area (TPSA) is 132 Å². The summed E-state index contributed by atoms with van der Waals surface area (Å²) in [5.41, 5.74) is 3.80. The van der Waals surface area contributed by atoms with E-state index in [1.807, 2.05) is 36.4 Å². The fourth-order valence-electron chi connectivity index (χ4n) is 4.39. The number of unbranched alkanes of at least 4 members (excludes halogenated alkanes) is 1. The molecule has 2 N–H and O–H groups in total. The number of imidazole rings is 1. The molecule has 0 amide bonds. The number of tetrazole rings is 1. The van der Waals surface area contributed by atoms with Crippen molar-refractivity contribution in [2.45, 2.75) is 32.7 Å². The highest BCUT2D eigenvalue weighted by Gasteiger charge is 2.20. The number of H-pyrrole nitrogens is 1. The number of rotatable bonds is 9. The molecule has 0 radical (unpaired) electrons. The molecule has 5 aromatic rings. The molecule has 3 heterocycles. The first-order valence-corrected chi connectivity index (χ1v) is 12.5. The van der Waals surface area contributed by atoms with Gasteiger partial charge < -0.3 is 5.11 Å². The number of para-hydroxylation sites is 1. The van der Waals surface area contributed by atoms with Crippen LogP contribution in [0.4, 0.5) is 0 Å². The number of carboxylic acids is 1. The lowest BCUT2D eigenvalue weighted by molar-refractivity contribution is 0.0697. The number of pyridine rings is 1. The Bertz CT molecular complexity index is 1640. The summed E-state index contributed by atoms with van der Waals surface area (Å²) in [5.74, 6) is -0.612. The molecule has 0 fully saturated rings. The molecule has 0 aliphatic heterocycles. The van der Waals surface area contributed by atoms with E-state index in [1.165, 1.54) is 10.6 Å². The number of nitrogens with zero attached hydrogens (tertiary/aromatic N) is 6. The van der Waals surface area contributed by atoms with Gasteiger partial charge in [0.05, 0.1) is 28.5 Å². The van der Waals surface area contributed by atoms with Gasteiger partial charge in [0.1, 0.15) is 0 Å². The summed E-state index contributed by atoms with van der Waals surface area (Å²) in [4.78, 5) is 30.1. The SMILES string of the molecule is CCCCc1cn(-c2c(Cl)cccc2C(=O)O)c(=O)n1Cc1ccc(-c2ccccc2-c2nnn[nH]2)nc1. The number of halogens is 1. The van der Waals surface area contributed by atoms with E-state index in [9.17, 15) is 14.7 Å². The third kappa shape index (κ3) is 4.85. The summed E-state index contributed by atoms with van der Waals surface area (Å²) in [7, 11) is 0. The Labute approximate surface area is 222 Å². The highest BCUT2D eigenvalue weighted by atomic mass is 35.5. The summed E-state index contributed by atoms with van der Waals surface area (Å²) in [6.07, 6.45) is 5.91. The molecule has 0 spiro atoms. The summed E-state index contributed by atoms with van der Waals surface area (Å²) < 4.78 is 2.98. The minimum Gasteiger partial charge on any atom is -0.478 e. The molecule has 0 saturated heterocycles. The van der Waals surface area contributed by atoms with E-state index in [-0.39, 0.29) is 28.5 Å². The number of aryl methyl sites for hydroxylation is 1. The maximum Gasteiger partial charge on any atom is 0.337 e. The monoisotopic (exact) mass is 529 g/mol. The number of hydrogen-bond donors (Lipinski definition) is 2. The van der Waals surface area contributed by atoms with Crippen LogP contribution in [0, 0.1) is 0 Å². The number of carboxylic acid groups (broad SMARTS) is 1. The van der Waals surface area contributed by atoms with Crippen LogP contribution in [-0.2, 0) is 13.0 Å². The molecule has 0 unspecified atom stereocenters. The van der Waals surface area contributed by atoms with E-state index < -0.39 is 5.97 Å². The lowest BCUT2D eigenvalue weighted by Gasteiger charge is -2.10. The van der Waals surface area contributed by atoms with E-state index in [4.69, 9.17) is 11.6 Å². The Hall–Kier alpha value is -4.57. The first kappa shape index (κ1) is 25.1. The van der Waals surface area contributed by atoms with Crippen molar-refractivity contribution in [1.29, 1.82) is 0 Å². The van der Waals surface area contributed by atoms with Crippen LogP contribution in [-0.4, -0.2) is 45.8 Å². The second-order valence-electron chi connectivity index (χ2n) is 8.75. The van der Waals surface area contributed by atoms with Crippen molar-refractivity contribution in [1.82, 2.24) is 34.7 Å². The normalized spacial score (nSPS) is 11.1. The third-order valence-corrected chi connectivity index (χ3v) is 6.58. The van der Waals surface area contributed by atoms with Gasteiger partial charge in [-0.25, -0.2) is 14.7 Å². The van der Waals surface area contributed by atoms with E-state index in [0.29, 0.717) is 12.2 Å². The molecule has 192 valence electrons. The van der Waals surface area contributed by atoms with Gasteiger partial charge in [-0.3, -0.25) is 14.1 Å². The Kier molecular flexibility index (Phi) is 7.14. The van der Waals surface area contributed by atoms with Crippen molar-refractivity contribution in [2.24, 2.45) is 0 Å². The van der Waals surface area contributed by atoms with Gasteiger partial charge in [-0.05, 0) is 47.0 Å². The van der Waals surface area contributed by atoms with Crippen molar-refractivity contribution in [3.8, 4) is 28.3 Å². The maximum atomic E-state index is 13.6. The quantitative estimate of drug-likeness (QED) is 0.284. The third-order valence-electron chi connectivity index (χ3n) is 6.28. The zero-order chi connectivity index (χ0) is 26.6. The van der Waals surface area contributed by atoms with Crippen LogP contribution in [0.3, 0.4) is 0 Å². The minimum absolute atomic E-state index is 0.0366. The molecule has 0 atom stereocenters. The Morgan fingerprint density at radius 3 is 2.58 bits per heavy atom. The van der Waals surface area contributed by atoms with Crippen molar-refractivity contribution in [3.05, 3.63) is 99.3 Å². The van der Waals surface area contributed by atoms with Crippen LogP contribution >= 0.6 is 11.6 Å². The predicted molar refractivity (Wildman–Crippen MR) is 143 cm³/mol. The zero-order valence-corrected chi connectivity index (χ0v) is 21.3. The number of hydrogen-bond acceptors (Lipinski definition) is 6. The second-order valence-corrected chi connectivity index (χ2v) is 9.16. The summed E-state index contributed by atoms with van der Waals surface area (Å²) in [6.45, 7) is 2.35. The van der Waals surface area contributed by atoms with Crippen molar-refractivity contribution >= 4 is 17.6 Å². The van der Waals surface area contributed by atoms with Gasteiger partial charge >= 0.3 is 11.7 Å². The van der Waals surface area contributed by atoms with E-state index in [2.05, 4.69) is 32.5 Å². The van der Waals surface area contributed by atoms with Crippen LogP contribution in [0.2, 0.25) is 5.02 Å². The Morgan fingerprint density at radius 2 is 1.89 bits per heavy atom. The standard InChI is InChI=1S/C27H24ClN7O3/c1-2-3-7-18-16-35(24-21(26(36)37)10-6-11-22(24)28)27(38)34(18)15-17-12-13-23(29-14-17)19-8-4-5-9-20(19)25-30-32-33-31-25/h4-6,8-14,16H,2-3,7,15H2,1H3,(H,36,37)(H,30,31,32,33). The molecular formula is C27H24ClN7O3. The van der Waals surface area contributed by atoms with Gasteiger partial charge in [0.2, 0.25) is 0 Å². The fraction of sp³-hybridized carbons (Fsp3) is 0.185. The average molecular weight is 530 g/mol. The van der Waals surface area contributed by atoms with Crippen molar-refractivity contribution < 1.29 is 9.90 Å². The number of carbonyl (C=O) groups is 1. The average Bonchev–Trinajstić information content (AvgIpc) is 3.57. The molecule has 0 aliphatic rings. The fourth-order valence-corrected chi connectivity index (χ4v) is 4.66. The Balaban J connectivity index is 1.51. The predicted octanol–water partition coefficient (Wildman–Crippen LogP) is 4.62. The van der Waals surface area contributed by atoms with E-state index in [1.54, 1.807) is 29.1 Å². The van der Waals surface area contributed by atoms with E-state index >= 15 is 0 Å². The van der Waals surface area contributed by atoms with Gasteiger partial charge in [0.15, 0.2) is 5.82 Å². The lowest BCUT2D eigenvalue weighted by Crippen LogP contribution is -2.26. The highest BCUT2D eigenvalue weighted by Crippen LogP contribution is 2.28. The van der Waals surface area contributed by atoms with Crippen LogP contribution < -0.4 is 5.69 Å². The molecule has 5 rings (SSSR count). The van der Waals surface area contributed by atoms with Crippen molar-refractivity contribution in [2.75, 3.05) is 0 Å². The molecule has 38 heavy (non-hydrogen) atoms. The number of aromatic nitrogens is 7. The van der Waals surface area contributed by atoms with Gasteiger partial charge in [0.25, 0.3) is 0 Å². The number of benzene rings is 2. The molecule has 3 aromatic heterocycles. The lowest BCUT2D eigenvalue weighted by atomic mass is 10.0. The number of aromatic carboxylic acids is 1. The minimum atomic E-state index is -1.15. The van der Waals surface area contributed by atoms with Gasteiger partial charge in [-0.1, -0.05) is 61.3 Å². The number of nitrogens with one attached hydrogen (secondary N) is 1. The van der Waals surface area contributed by atoms with Gasteiger partial charge in [-0.15, -0.1) is 5.10 Å². The highest BCUT2D eigenvalue weighted by molar-refractivity contribution is 6.33. The molecule has 0 saturated carbocycles. The van der Waals surface area contributed by atoms with Crippen LogP contribution in [0.15, 0.2) is 71.8 Å². The molecule has 2 aromatic carbocycles. The van der Waals surface area contributed by atoms with Gasteiger partial charge in [0, 0.05) is 29.2 Å².